The average Bonchev–Trinajstić information content (AvgIpc) is 2.90. The van der Waals surface area contributed by atoms with Gasteiger partial charge in [0.1, 0.15) is 0 Å². The molecular weight excluding hydrogens is 310 g/mol. The van der Waals surface area contributed by atoms with Crippen LogP contribution in [0.1, 0.15) is 11.8 Å². The van der Waals surface area contributed by atoms with Crippen LogP contribution in [0.5, 0.6) is 11.5 Å². The van der Waals surface area contributed by atoms with Gasteiger partial charge in [0.25, 0.3) is 5.91 Å². The summed E-state index contributed by atoms with van der Waals surface area (Å²) in [4.78, 5) is 12.8. The van der Waals surface area contributed by atoms with Crippen LogP contribution in [0.3, 0.4) is 0 Å². The average molecular weight is 326 g/mol. The number of rotatable bonds is 7. The monoisotopic (exact) mass is 325 g/mol. The molecule has 2 aromatic rings. The van der Waals surface area contributed by atoms with Crippen molar-refractivity contribution in [2.45, 2.75) is 13.5 Å². The molecule has 1 heterocycles. The van der Waals surface area contributed by atoms with E-state index >= 15 is 0 Å². The van der Waals surface area contributed by atoms with Crippen molar-refractivity contribution in [3.05, 3.63) is 45.6 Å². The lowest BCUT2D eigenvalue weighted by molar-refractivity contribution is -0.123. The van der Waals surface area contributed by atoms with Gasteiger partial charge in [-0.05, 0) is 31.2 Å². The van der Waals surface area contributed by atoms with E-state index in [9.17, 15) is 4.79 Å². The molecule has 21 heavy (non-hydrogen) atoms. The zero-order chi connectivity index (χ0) is 15.1. The molecule has 0 saturated carbocycles. The third-order valence-corrected chi connectivity index (χ3v) is 3.83. The van der Waals surface area contributed by atoms with Crippen molar-refractivity contribution in [3.63, 3.8) is 0 Å². The lowest BCUT2D eigenvalue weighted by atomic mass is 10.3. The van der Waals surface area contributed by atoms with Gasteiger partial charge < -0.3 is 14.8 Å². The summed E-state index contributed by atoms with van der Waals surface area (Å²) >= 11 is 7.27. The molecule has 0 radical (unpaired) electrons. The highest BCUT2D eigenvalue weighted by molar-refractivity contribution is 7.16. The van der Waals surface area contributed by atoms with E-state index in [2.05, 4.69) is 5.32 Å². The molecule has 0 saturated heterocycles. The first-order valence-corrected chi connectivity index (χ1v) is 7.74. The number of carbonyl (C=O) groups excluding carboxylic acids is 1. The minimum Gasteiger partial charge on any atom is -0.490 e. The zero-order valence-electron chi connectivity index (χ0n) is 11.6. The van der Waals surface area contributed by atoms with E-state index in [0.717, 1.165) is 4.88 Å². The Morgan fingerprint density at radius 3 is 2.52 bits per heavy atom. The molecule has 112 valence electrons. The maximum absolute atomic E-state index is 11.8. The van der Waals surface area contributed by atoms with Gasteiger partial charge in [0.05, 0.1) is 17.5 Å². The molecule has 0 fully saturated rings. The van der Waals surface area contributed by atoms with Gasteiger partial charge in [-0.2, -0.15) is 0 Å². The molecular formula is C15H16ClNO3S. The number of hydrogen-bond acceptors (Lipinski definition) is 4. The van der Waals surface area contributed by atoms with Gasteiger partial charge in [-0.3, -0.25) is 4.79 Å². The molecule has 1 amide bonds. The smallest absolute Gasteiger partial charge is 0.258 e. The first-order valence-electron chi connectivity index (χ1n) is 6.54. The Balaban J connectivity index is 1.81. The Morgan fingerprint density at radius 1 is 1.19 bits per heavy atom. The molecule has 0 atom stereocenters. The fourth-order valence-electron chi connectivity index (χ4n) is 1.67. The number of carbonyl (C=O) groups is 1. The molecule has 0 aliphatic carbocycles. The topological polar surface area (TPSA) is 47.6 Å². The highest BCUT2D eigenvalue weighted by Crippen LogP contribution is 2.26. The van der Waals surface area contributed by atoms with Crippen LogP contribution in [0, 0.1) is 0 Å². The Kier molecular flexibility index (Phi) is 5.90. The highest BCUT2D eigenvalue weighted by atomic mass is 35.5. The molecule has 1 N–H and O–H groups in total. The molecule has 0 aliphatic heterocycles. The summed E-state index contributed by atoms with van der Waals surface area (Å²) < 4.78 is 11.6. The van der Waals surface area contributed by atoms with Crippen LogP contribution in [0.15, 0.2) is 36.4 Å². The van der Waals surface area contributed by atoms with Gasteiger partial charge in [0.15, 0.2) is 18.1 Å². The SMILES string of the molecule is CCOc1ccccc1OCC(=O)NCc1ccc(Cl)s1. The van der Waals surface area contributed by atoms with Crippen molar-refractivity contribution in [2.75, 3.05) is 13.2 Å². The van der Waals surface area contributed by atoms with Gasteiger partial charge in [0, 0.05) is 4.88 Å². The molecule has 0 bridgehead atoms. The number of benzene rings is 1. The molecule has 1 aromatic carbocycles. The first kappa shape index (κ1) is 15.7. The zero-order valence-corrected chi connectivity index (χ0v) is 13.2. The number of hydrogen-bond donors (Lipinski definition) is 1. The minimum atomic E-state index is -0.189. The van der Waals surface area contributed by atoms with E-state index in [-0.39, 0.29) is 12.5 Å². The maximum atomic E-state index is 11.8. The normalized spacial score (nSPS) is 10.2. The molecule has 4 nitrogen and oxygen atoms in total. The molecule has 2 rings (SSSR count). The summed E-state index contributed by atoms with van der Waals surface area (Å²) in [7, 11) is 0. The minimum absolute atomic E-state index is 0.0524. The fraction of sp³-hybridized carbons (Fsp3) is 0.267. The number of nitrogens with one attached hydrogen (secondary N) is 1. The van der Waals surface area contributed by atoms with Gasteiger partial charge in [0.2, 0.25) is 0 Å². The van der Waals surface area contributed by atoms with Crippen LogP contribution >= 0.6 is 22.9 Å². The third kappa shape index (κ3) is 4.95. The van der Waals surface area contributed by atoms with Gasteiger partial charge in [-0.25, -0.2) is 0 Å². The van der Waals surface area contributed by atoms with E-state index < -0.39 is 0 Å². The first-order chi connectivity index (χ1) is 10.2. The van der Waals surface area contributed by atoms with E-state index in [0.29, 0.717) is 29.0 Å². The quantitative estimate of drug-likeness (QED) is 0.847. The number of halogens is 1. The molecule has 6 heteroatoms. The number of para-hydroxylation sites is 2. The number of ether oxygens (including phenoxy) is 2. The Morgan fingerprint density at radius 2 is 1.90 bits per heavy atom. The number of thiophene rings is 1. The van der Waals surface area contributed by atoms with Crippen molar-refractivity contribution in [1.82, 2.24) is 5.32 Å². The van der Waals surface area contributed by atoms with Crippen molar-refractivity contribution >= 4 is 28.8 Å². The summed E-state index contributed by atoms with van der Waals surface area (Å²) in [6.07, 6.45) is 0. The summed E-state index contributed by atoms with van der Waals surface area (Å²) in [6, 6.07) is 11.0. The van der Waals surface area contributed by atoms with E-state index in [1.54, 1.807) is 6.07 Å². The van der Waals surface area contributed by atoms with Crippen LogP contribution in [0.2, 0.25) is 4.34 Å². The summed E-state index contributed by atoms with van der Waals surface area (Å²) in [5, 5.41) is 2.78. The third-order valence-electron chi connectivity index (χ3n) is 2.60. The van der Waals surface area contributed by atoms with Crippen molar-refractivity contribution in [2.24, 2.45) is 0 Å². The Bertz CT molecular complexity index is 600. The second kappa shape index (κ2) is 7.90. The predicted molar refractivity (Wildman–Crippen MR) is 84.3 cm³/mol. The predicted octanol–water partition coefficient (Wildman–Crippen LogP) is 3.50. The molecule has 0 aliphatic rings. The Labute approximate surface area is 132 Å². The van der Waals surface area contributed by atoms with Crippen molar-refractivity contribution < 1.29 is 14.3 Å². The fourth-order valence-corrected chi connectivity index (χ4v) is 2.70. The summed E-state index contributed by atoms with van der Waals surface area (Å²) in [5.41, 5.74) is 0. The standard InChI is InChI=1S/C15H16ClNO3S/c1-2-19-12-5-3-4-6-13(12)20-10-15(18)17-9-11-7-8-14(16)21-11/h3-8H,2,9-10H2,1H3,(H,17,18). The number of amides is 1. The van der Waals surface area contributed by atoms with Gasteiger partial charge >= 0.3 is 0 Å². The van der Waals surface area contributed by atoms with Crippen molar-refractivity contribution in [3.8, 4) is 11.5 Å². The van der Waals surface area contributed by atoms with E-state index in [1.807, 2.05) is 37.3 Å². The second-order valence-corrected chi connectivity index (χ2v) is 5.95. The Hall–Kier alpha value is -1.72. The van der Waals surface area contributed by atoms with Crippen LogP contribution in [-0.2, 0) is 11.3 Å². The lowest BCUT2D eigenvalue weighted by Gasteiger charge is -2.11. The van der Waals surface area contributed by atoms with E-state index in [1.165, 1.54) is 11.3 Å². The summed E-state index contributed by atoms with van der Waals surface area (Å²) in [6.45, 7) is 2.84. The largest absolute Gasteiger partial charge is 0.490 e. The van der Waals surface area contributed by atoms with Crippen LogP contribution in [0.4, 0.5) is 0 Å². The van der Waals surface area contributed by atoms with Gasteiger partial charge in [-0.1, -0.05) is 23.7 Å². The van der Waals surface area contributed by atoms with Gasteiger partial charge in [-0.15, -0.1) is 11.3 Å². The summed E-state index contributed by atoms with van der Waals surface area (Å²) in [5.74, 6) is 1.01. The second-order valence-electron chi connectivity index (χ2n) is 4.15. The van der Waals surface area contributed by atoms with Crippen molar-refractivity contribution in [1.29, 1.82) is 0 Å². The highest BCUT2D eigenvalue weighted by Gasteiger charge is 2.07. The lowest BCUT2D eigenvalue weighted by Crippen LogP contribution is -2.28. The van der Waals surface area contributed by atoms with Crippen LogP contribution < -0.4 is 14.8 Å². The molecule has 1 aromatic heterocycles. The van der Waals surface area contributed by atoms with Crippen LogP contribution in [-0.4, -0.2) is 19.1 Å². The van der Waals surface area contributed by atoms with E-state index in [4.69, 9.17) is 21.1 Å². The molecule has 0 spiro atoms. The van der Waals surface area contributed by atoms with Crippen LogP contribution in [0.25, 0.3) is 0 Å². The maximum Gasteiger partial charge on any atom is 0.258 e. The molecule has 0 unspecified atom stereocenters.